The summed E-state index contributed by atoms with van der Waals surface area (Å²) in [6.07, 6.45) is 6.41. The van der Waals surface area contributed by atoms with Crippen LogP contribution < -0.4 is 4.90 Å². The molecule has 2 bridgehead atoms. The monoisotopic (exact) mass is 601 g/mol. The zero-order chi connectivity index (χ0) is 26.7. The summed E-state index contributed by atoms with van der Waals surface area (Å²) in [4.78, 5) is 19.0. The van der Waals surface area contributed by atoms with Crippen molar-refractivity contribution in [3.05, 3.63) is 61.3 Å². The van der Waals surface area contributed by atoms with Crippen LogP contribution in [0.3, 0.4) is 0 Å². The summed E-state index contributed by atoms with van der Waals surface area (Å²) in [7, 11) is 0. The maximum atomic E-state index is 11.3. The smallest absolute Gasteiger partial charge is 0.345 e. The van der Waals surface area contributed by atoms with Crippen molar-refractivity contribution in [2.24, 2.45) is 0 Å². The Morgan fingerprint density at radius 2 is 1.85 bits per heavy atom. The lowest BCUT2D eigenvalue weighted by Crippen LogP contribution is -2.45. The summed E-state index contributed by atoms with van der Waals surface area (Å²) in [5.74, 6) is 0.383. The third-order valence-corrected chi connectivity index (χ3v) is 10.3. The number of hydrogen-bond acceptors (Lipinski definition) is 8. The summed E-state index contributed by atoms with van der Waals surface area (Å²) in [6.45, 7) is 0.418. The molecule has 39 heavy (non-hydrogen) atoms. The van der Waals surface area contributed by atoms with E-state index in [0.29, 0.717) is 50.8 Å². The average molecular weight is 603 g/mol. The Kier molecular flexibility index (Phi) is 6.67. The largest absolute Gasteiger partial charge is 0.477 e. The van der Waals surface area contributed by atoms with Gasteiger partial charge in [-0.15, -0.1) is 22.7 Å². The zero-order valence-electron chi connectivity index (χ0n) is 20.8. The number of fused-ring (bicyclic) bond motifs is 2. The van der Waals surface area contributed by atoms with Crippen molar-refractivity contribution in [2.75, 3.05) is 4.90 Å². The predicted octanol–water partition coefficient (Wildman–Crippen LogP) is 8.13. The normalized spacial score (nSPS) is 22.5. The number of anilines is 1. The highest BCUT2D eigenvalue weighted by Crippen LogP contribution is 2.47. The zero-order valence-corrected chi connectivity index (χ0v) is 24.0. The molecule has 7 rings (SSSR count). The molecule has 0 amide bonds. The molecule has 3 aromatic heterocycles. The van der Waals surface area contributed by atoms with Crippen molar-refractivity contribution < 1.29 is 19.2 Å². The molecule has 1 N–H and O–H groups in total. The van der Waals surface area contributed by atoms with E-state index in [1.807, 2.05) is 29.0 Å². The van der Waals surface area contributed by atoms with E-state index < -0.39 is 5.97 Å². The number of carboxylic acid groups (broad SMARTS) is 1. The van der Waals surface area contributed by atoms with Crippen LogP contribution in [0.15, 0.2) is 39.5 Å². The molecular weight excluding hydrogens is 577 g/mol. The Bertz CT molecular complexity index is 1510. The van der Waals surface area contributed by atoms with Crippen LogP contribution >= 0.6 is 45.9 Å². The lowest BCUT2D eigenvalue weighted by molar-refractivity contribution is 0.0147. The van der Waals surface area contributed by atoms with E-state index in [1.54, 1.807) is 17.4 Å². The first-order chi connectivity index (χ1) is 19.0. The SMILES string of the molecule is O=C(O)c1cc(-c2csc(N3[C@@H]4CC[C@H]3C[C@@H](OCc3c(-c5c(Cl)cccc5Cl)noc3C3CC3)C4)n2)cs1. The van der Waals surface area contributed by atoms with Gasteiger partial charge in [0.25, 0.3) is 0 Å². The van der Waals surface area contributed by atoms with Gasteiger partial charge in [0.05, 0.1) is 28.5 Å². The first-order valence-corrected chi connectivity index (χ1v) is 15.6. The number of carbonyl (C=O) groups is 1. The van der Waals surface area contributed by atoms with Crippen molar-refractivity contribution in [1.82, 2.24) is 10.1 Å². The number of rotatable bonds is 8. The van der Waals surface area contributed by atoms with Gasteiger partial charge in [0.1, 0.15) is 16.3 Å². The molecule has 3 aliphatic rings. The summed E-state index contributed by atoms with van der Waals surface area (Å²) >= 11 is 15.9. The van der Waals surface area contributed by atoms with Crippen LogP contribution in [0, 0.1) is 0 Å². The Labute approximate surface area is 243 Å². The molecule has 11 heteroatoms. The summed E-state index contributed by atoms with van der Waals surface area (Å²) in [5.41, 5.74) is 4.04. The van der Waals surface area contributed by atoms with Crippen LogP contribution in [0.1, 0.15) is 65.4 Å². The lowest BCUT2D eigenvalue weighted by Gasteiger charge is -2.38. The molecule has 2 aliphatic heterocycles. The minimum Gasteiger partial charge on any atom is -0.477 e. The van der Waals surface area contributed by atoms with Crippen molar-refractivity contribution in [2.45, 2.75) is 69.2 Å². The fourth-order valence-electron chi connectivity index (χ4n) is 5.92. The van der Waals surface area contributed by atoms with Gasteiger partial charge in [0.15, 0.2) is 5.13 Å². The number of piperidine rings is 1. The molecule has 1 aromatic carbocycles. The van der Waals surface area contributed by atoms with Gasteiger partial charge in [-0.3, -0.25) is 0 Å². The molecule has 1 saturated carbocycles. The molecule has 0 unspecified atom stereocenters. The highest BCUT2D eigenvalue weighted by atomic mass is 35.5. The van der Waals surface area contributed by atoms with Gasteiger partial charge in [0, 0.05) is 45.5 Å². The number of ether oxygens (including phenoxy) is 1. The highest BCUT2D eigenvalue weighted by Gasteiger charge is 2.43. The second kappa shape index (κ2) is 10.2. The molecule has 4 aromatic rings. The quantitative estimate of drug-likeness (QED) is 0.218. The molecule has 7 nitrogen and oxygen atoms in total. The van der Waals surface area contributed by atoms with E-state index >= 15 is 0 Å². The molecular formula is C28H25Cl2N3O4S2. The number of nitrogens with zero attached hydrogens (tertiary/aromatic N) is 3. The first-order valence-electron chi connectivity index (χ1n) is 13.1. The molecule has 1 aliphatic carbocycles. The van der Waals surface area contributed by atoms with E-state index in [1.165, 1.54) is 11.3 Å². The topological polar surface area (TPSA) is 88.7 Å². The summed E-state index contributed by atoms with van der Waals surface area (Å²) < 4.78 is 12.4. The van der Waals surface area contributed by atoms with E-state index in [0.717, 1.165) is 66.2 Å². The molecule has 202 valence electrons. The molecule has 3 atom stereocenters. The van der Waals surface area contributed by atoms with Crippen molar-refractivity contribution in [1.29, 1.82) is 0 Å². The lowest BCUT2D eigenvalue weighted by atomic mass is 10.00. The highest BCUT2D eigenvalue weighted by molar-refractivity contribution is 7.14. The van der Waals surface area contributed by atoms with E-state index in [2.05, 4.69) is 10.1 Å². The minimum atomic E-state index is -0.903. The van der Waals surface area contributed by atoms with Crippen LogP contribution in [0.4, 0.5) is 5.13 Å². The number of carboxylic acids is 1. The van der Waals surface area contributed by atoms with Crippen LogP contribution in [0.5, 0.6) is 0 Å². The van der Waals surface area contributed by atoms with Gasteiger partial charge < -0.3 is 19.3 Å². The van der Waals surface area contributed by atoms with Gasteiger partial charge in [-0.2, -0.15) is 0 Å². The molecule has 2 saturated heterocycles. The second-order valence-electron chi connectivity index (χ2n) is 10.5. The van der Waals surface area contributed by atoms with E-state index in [4.69, 9.17) is 37.4 Å². The summed E-state index contributed by atoms with van der Waals surface area (Å²) in [6, 6.07) is 7.90. The van der Waals surface area contributed by atoms with Gasteiger partial charge in [-0.1, -0.05) is 34.4 Å². The van der Waals surface area contributed by atoms with Crippen molar-refractivity contribution >= 4 is 57.0 Å². The molecule has 0 spiro atoms. The number of aromatic carboxylic acids is 1. The fraction of sp³-hybridized carbons (Fsp3) is 0.393. The van der Waals surface area contributed by atoms with E-state index in [-0.39, 0.29) is 6.10 Å². The first kappa shape index (κ1) is 25.5. The Balaban J connectivity index is 1.07. The number of aromatic nitrogens is 2. The van der Waals surface area contributed by atoms with Gasteiger partial charge in [-0.25, -0.2) is 9.78 Å². The number of hydrogen-bond donors (Lipinski definition) is 1. The Morgan fingerprint density at radius 1 is 1.10 bits per heavy atom. The van der Waals surface area contributed by atoms with Crippen molar-refractivity contribution in [3.63, 3.8) is 0 Å². The van der Waals surface area contributed by atoms with Gasteiger partial charge >= 0.3 is 5.97 Å². The molecule has 5 heterocycles. The maximum absolute atomic E-state index is 11.3. The maximum Gasteiger partial charge on any atom is 0.345 e. The van der Waals surface area contributed by atoms with Gasteiger partial charge in [-0.05, 0) is 56.7 Å². The Hall–Kier alpha value is -2.43. The van der Waals surface area contributed by atoms with E-state index in [9.17, 15) is 9.90 Å². The number of thiophene rings is 1. The van der Waals surface area contributed by atoms with Crippen LogP contribution in [-0.4, -0.2) is 39.4 Å². The predicted molar refractivity (Wildman–Crippen MR) is 153 cm³/mol. The number of thiazole rings is 1. The Morgan fingerprint density at radius 3 is 2.51 bits per heavy atom. The summed E-state index contributed by atoms with van der Waals surface area (Å²) in [5, 5.41) is 19.6. The molecule has 3 fully saturated rings. The third-order valence-electron chi connectivity index (χ3n) is 7.94. The number of benzene rings is 1. The minimum absolute atomic E-state index is 0.129. The van der Waals surface area contributed by atoms with Crippen LogP contribution in [0.2, 0.25) is 10.0 Å². The van der Waals surface area contributed by atoms with Crippen molar-refractivity contribution in [3.8, 4) is 22.5 Å². The average Bonchev–Trinajstić information content (AvgIpc) is 3.25. The standard InChI is InChI=1S/C28H25Cl2N3O4S2/c29-20-2-1-3-21(30)24(20)25-19(26(37-32-25)14-4-5-14)11-36-18-9-16-6-7-17(10-18)33(16)28-31-22(13-39-28)15-8-23(27(34)35)38-12-15/h1-3,8,12-14,16-18H,4-7,9-11H2,(H,34,35)/t16-,17+,18+. The number of halogens is 2. The van der Waals surface area contributed by atoms with Crippen LogP contribution in [0.25, 0.3) is 22.5 Å². The second-order valence-corrected chi connectivity index (χ2v) is 13.0. The molecule has 0 radical (unpaired) electrons. The third kappa shape index (κ3) is 4.78. The van der Waals surface area contributed by atoms with Gasteiger partial charge in [0.2, 0.25) is 0 Å². The van der Waals surface area contributed by atoms with Crippen LogP contribution in [-0.2, 0) is 11.3 Å². The fourth-order valence-corrected chi connectivity index (χ4v) is 8.21.